The highest BCUT2D eigenvalue weighted by atomic mass is 35.5. The fraction of sp³-hybridized carbons (Fsp3) is 0.412. The third kappa shape index (κ3) is 7.48. The molecule has 1 saturated carbocycles. The Morgan fingerprint density at radius 3 is 2.55 bits per heavy atom. The minimum Gasteiger partial charge on any atom is -0.504 e. The van der Waals surface area contributed by atoms with Gasteiger partial charge in [-0.2, -0.15) is 5.10 Å². The number of rotatable bonds is 11. The van der Waals surface area contributed by atoms with Gasteiger partial charge in [0.25, 0.3) is 0 Å². The number of aromatic hydroxyl groups is 1. The van der Waals surface area contributed by atoms with Gasteiger partial charge in [-0.15, -0.1) is 0 Å². The summed E-state index contributed by atoms with van der Waals surface area (Å²) < 4.78 is 21.0. The standard InChI is InChI=1S/C20H26Cl2FN3O.C14H16N2O/c1-5-7-12(11-24-3)15-10-16(26(4)6-2)20(27)19(25-15)13-8-9-14(23)18(22)17(13)21;1-3-4-10-7-12-9-13(11-5-6-11)15-16(12)14(8-10)17-2/h8-10,12,24,27H,5-7,11H2,1-4H3;3-4,7-9,11H,5-6H2,1-2H3/b;4-3-. The van der Waals surface area contributed by atoms with Crippen LogP contribution in [0.4, 0.5) is 10.1 Å². The number of allylic oxidation sites excluding steroid dienone is 1. The van der Waals surface area contributed by atoms with Crippen molar-refractivity contribution in [1.29, 1.82) is 0 Å². The van der Waals surface area contributed by atoms with E-state index in [4.69, 9.17) is 32.9 Å². The van der Waals surface area contributed by atoms with Crippen LogP contribution in [0.15, 0.2) is 42.5 Å². The monoisotopic (exact) mass is 641 g/mol. The van der Waals surface area contributed by atoms with Crippen molar-refractivity contribution < 1.29 is 14.2 Å². The van der Waals surface area contributed by atoms with E-state index < -0.39 is 5.82 Å². The fourth-order valence-corrected chi connectivity index (χ4v) is 5.59. The number of methoxy groups -OCH3 is 1. The number of likely N-dealkylation sites (N-methyl/N-ethyl adjacent to an activating group) is 1. The Balaban J connectivity index is 0.000000221. The Hall–Kier alpha value is -3.33. The molecule has 0 aliphatic heterocycles. The molecule has 10 heteroatoms. The maximum Gasteiger partial charge on any atom is 0.215 e. The van der Waals surface area contributed by atoms with Gasteiger partial charge in [0.1, 0.15) is 11.5 Å². The molecule has 0 radical (unpaired) electrons. The van der Waals surface area contributed by atoms with Crippen molar-refractivity contribution in [1.82, 2.24) is 19.9 Å². The molecule has 1 fully saturated rings. The molecule has 1 aliphatic carbocycles. The van der Waals surface area contributed by atoms with Gasteiger partial charge in [0.05, 0.1) is 34.1 Å². The summed E-state index contributed by atoms with van der Waals surface area (Å²) in [6.45, 7) is 7.61. The van der Waals surface area contributed by atoms with Gasteiger partial charge >= 0.3 is 0 Å². The zero-order valence-electron chi connectivity index (χ0n) is 26.3. The second-order valence-electron chi connectivity index (χ2n) is 11.1. The Labute approximate surface area is 269 Å². The zero-order chi connectivity index (χ0) is 32.0. The van der Waals surface area contributed by atoms with Gasteiger partial charge in [0.2, 0.25) is 5.88 Å². The predicted molar refractivity (Wildman–Crippen MR) is 180 cm³/mol. The van der Waals surface area contributed by atoms with Crippen LogP contribution in [0.25, 0.3) is 22.9 Å². The molecular formula is C34H42Cl2FN5O2. The van der Waals surface area contributed by atoms with Crippen molar-refractivity contribution in [2.75, 3.05) is 39.2 Å². The number of nitrogens with one attached hydrogen (secondary N) is 1. The molecule has 1 aromatic carbocycles. The van der Waals surface area contributed by atoms with Crippen LogP contribution in [-0.4, -0.2) is 54.0 Å². The van der Waals surface area contributed by atoms with E-state index in [1.807, 2.05) is 55.6 Å². The smallest absolute Gasteiger partial charge is 0.215 e. The van der Waals surface area contributed by atoms with Crippen LogP contribution >= 0.6 is 23.2 Å². The van der Waals surface area contributed by atoms with Crippen molar-refractivity contribution in [3.05, 3.63) is 75.3 Å². The number of hydrogen-bond donors (Lipinski definition) is 2. The second kappa shape index (κ2) is 15.1. The second-order valence-corrected chi connectivity index (χ2v) is 11.8. The van der Waals surface area contributed by atoms with E-state index in [1.165, 1.54) is 30.7 Å². The maximum absolute atomic E-state index is 13.7. The van der Waals surface area contributed by atoms with E-state index in [0.29, 0.717) is 29.4 Å². The van der Waals surface area contributed by atoms with Crippen LogP contribution in [0.5, 0.6) is 11.6 Å². The minimum absolute atomic E-state index is 0.00683. The van der Waals surface area contributed by atoms with E-state index in [-0.39, 0.29) is 21.7 Å². The number of nitrogens with zero attached hydrogens (tertiary/aromatic N) is 4. The maximum atomic E-state index is 13.7. The van der Waals surface area contributed by atoms with Crippen LogP contribution in [0.2, 0.25) is 10.0 Å². The van der Waals surface area contributed by atoms with E-state index in [1.54, 1.807) is 7.11 Å². The molecule has 1 atom stereocenters. The quantitative estimate of drug-likeness (QED) is 0.160. The first-order valence-electron chi connectivity index (χ1n) is 15.1. The van der Waals surface area contributed by atoms with Gasteiger partial charge in [0.15, 0.2) is 5.75 Å². The van der Waals surface area contributed by atoms with E-state index in [2.05, 4.69) is 35.5 Å². The predicted octanol–water partition coefficient (Wildman–Crippen LogP) is 8.71. The summed E-state index contributed by atoms with van der Waals surface area (Å²) in [4.78, 5) is 6.64. The molecule has 236 valence electrons. The van der Waals surface area contributed by atoms with E-state index >= 15 is 0 Å². The molecule has 5 rings (SSSR count). The molecule has 44 heavy (non-hydrogen) atoms. The average Bonchev–Trinajstić information content (AvgIpc) is 3.78. The summed E-state index contributed by atoms with van der Waals surface area (Å²) in [7, 11) is 5.49. The minimum atomic E-state index is -0.606. The summed E-state index contributed by atoms with van der Waals surface area (Å²) in [5, 5.41) is 18.6. The van der Waals surface area contributed by atoms with Crippen molar-refractivity contribution >= 4 is 40.5 Å². The first kappa shape index (κ1) is 33.6. The van der Waals surface area contributed by atoms with Crippen LogP contribution in [-0.2, 0) is 0 Å². The Morgan fingerprint density at radius 1 is 1.18 bits per heavy atom. The summed E-state index contributed by atoms with van der Waals surface area (Å²) in [6, 6.07) is 11.0. The number of pyridine rings is 2. The first-order valence-corrected chi connectivity index (χ1v) is 15.9. The van der Waals surface area contributed by atoms with Gasteiger partial charge in [-0.3, -0.25) is 0 Å². The molecule has 3 aromatic heterocycles. The number of aromatic nitrogens is 3. The molecule has 3 heterocycles. The normalized spacial score (nSPS) is 13.7. The molecular weight excluding hydrogens is 600 g/mol. The molecule has 1 aliphatic rings. The van der Waals surface area contributed by atoms with Crippen LogP contribution in [0, 0.1) is 5.82 Å². The number of hydrogen-bond acceptors (Lipinski definition) is 6. The molecule has 0 amide bonds. The molecule has 0 bridgehead atoms. The molecule has 7 nitrogen and oxygen atoms in total. The lowest BCUT2D eigenvalue weighted by atomic mass is 9.97. The summed E-state index contributed by atoms with van der Waals surface area (Å²) >= 11 is 12.3. The van der Waals surface area contributed by atoms with Crippen molar-refractivity contribution in [2.45, 2.75) is 58.3 Å². The average molecular weight is 643 g/mol. The van der Waals surface area contributed by atoms with Crippen molar-refractivity contribution in [3.8, 4) is 22.9 Å². The van der Waals surface area contributed by atoms with Gasteiger partial charge in [-0.1, -0.05) is 48.7 Å². The number of fused-ring (bicyclic) bond motifs is 1. The number of benzene rings is 1. The Morgan fingerprint density at radius 2 is 1.93 bits per heavy atom. The zero-order valence-corrected chi connectivity index (χ0v) is 27.8. The largest absolute Gasteiger partial charge is 0.504 e. The Kier molecular flexibility index (Phi) is 11.5. The van der Waals surface area contributed by atoms with Gasteiger partial charge in [-0.05, 0) is 76.1 Å². The van der Waals surface area contributed by atoms with Gasteiger partial charge in [0, 0.05) is 49.3 Å². The van der Waals surface area contributed by atoms with E-state index in [9.17, 15) is 9.50 Å². The highest BCUT2D eigenvalue weighted by Gasteiger charge is 2.27. The van der Waals surface area contributed by atoms with Crippen LogP contribution in [0.1, 0.15) is 75.2 Å². The third-order valence-electron chi connectivity index (χ3n) is 7.81. The lowest BCUT2D eigenvalue weighted by Crippen LogP contribution is -2.20. The molecule has 2 N–H and O–H groups in total. The molecule has 1 unspecified atom stereocenters. The van der Waals surface area contributed by atoms with Crippen LogP contribution < -0.4 is 15.0 Å². The van der Waals surface area contributed by atoms with Crippen molar-refractivity contribution in [3.63, 3.8) is 0 Å². The lowest BCUT2D eigenvalue weighted by molar-refractivity contribution is 0.385. The SMILES string of the molecule is C/C=C\c1cc(OC)n2nc(C3CC3)cc2c1.CCCC(CNC)c1cc(N(C)CC)c(O)c(-c2ccc(F)c(Cl)c2Cl)n1. The first-order chi connectivity index (χ1) is 21.2. The third-order valence-corrected chi connectivity index (χ3v) is 8.67. The highest BCUT2D eigenvalue weighted by Crippen LogP contribution is 2.43. The molecule has 4 aromatic rings. The summed E-state index contributed by atoms with van der Waals surface area (Å²) in [5.74, 6) is 1.05. The Bertz CT molecular complexity index is 1610. The van der Waals surface area contributed by atoms with Crippen LogP contribution in [0.3, 0.4) is 0 Å². The number of halogens is 3. The van der Waals surface area contributed by atoms with E-state index in [0.717, 1.165) is 42.0 Å². The number of anilines is 1. The molecule has 0 saturated heterocycles. The van der Waals surface area contributed by atoms with Gasteiger partial charge in [-0.25, -0.2) is 13.9 Å². The highest BCUT2D eigenvalue weighted by molar-refractivity contribution is 6.43. The number of ether oxygens (including phenoxy) is 1. The van der Waals surface area contributed by atoms with Crippen molar-refractivity contribution in [2.24, 2.45) is 0 Å². The summed E-state index contributed by atoms with van der Waals surface area (Å²) in [5.41, 5.74) is 5.69. The summed E-state index contributed by atoms with van der Waals surface area (Å²) in [6.07, 6.45) is 8.61. The lowest BCUT2D eigenvalue weighted by Gasteiger charge is -2.24. The van der Waals surface area contributed by atoms with Gasteiger partial charge < -0.3 is 20.1 Å². The fourth-order valence-electron chi connectivity index (χ4n) is 5.18. The topological polar surface area (TPSA) is 74.9 Å². The molecule has 0 spiro atoms.